The summed E-state index contributed by atoms with van der Waals surface area (Å²) >= 11 is 1.42. The van der Waals surface area contributed by atoms with E-state index in [9.17, 15) is 9.59 Å². The molecule has 0 radical (unpaired) electrons. The van der Waals surface area contributed by atoms with Gasteiger partial charge in [-0.3, -0.25) is 25.4 Å². The fraction of sp³-hybridized carbons (Fsp3) is 0.214. The number of nitrogens with one attached hydrogen (secondary N) is 2. The van der Waals surface area contributed by atoms with Crippen LogP contribution in [0, 0.1) is 6.92 Å². The summed E-state index contributed by atoms with van der Waals surface area (Å²) in [4.78, 5) is 29.2. The maximum absolute atomic E-state index is 11.9. The molecule has 0 aliphatic rings. The summed E-state index contributed by atoms with van der Waals surface area (Å²) in [5.74, 6) is -0.676. The van der Waals surface area contributed by atoms with Crippen molar-refractivity contribution in [2.24, 2.45) is 0 Å². The van der Waals surface area contributed by atoms with Gasteiger partial charge in [-0.1, -0.05) is 6.92 Å². The summed E-state index contributed by atoms with van der Waals surface area (Å²) < 4.78 is 0. The van der Waals surface area contributed by atoms with Crippen molar-refractivity contribution >= 4 is 23.2 Å². The minimum atomic E-state index is -0.371. The summed E-state index contributed by atoms with van der Waals surface area (Å²) in [6.45, 7) is 4.03. The van der Waals surface area contributed by atoms with Crippen LogP contribution < -0.4 is 10.9 Å². The minimum Gasteiger partial charge on any atom is -0.267 e. The lowest BCUT2D eigenvalue weighted by molar-refractivity contribution is 0.0849. The van der Waals surface area contributed by atoms with Crippen molar-refractivity contribution in [2.45, 2.75) is 20.3 Å². The van der Waals surface area contributed by atoms with Gasteiger partial charge in [0.1, 0.15) is 0 Å². The highest BCUT2D eigenvalue weighted by Crippen LogP contribution is 2.21. The zero-order valence-corrected chi connectivity index (χ0v) is 12.1. The van der Waals surface area contributed by atoms with Gasteiger partial charge in [0, 0.05) is 22.8 Å². The van der Waals surface area contributed by atoms with Gasteiger partial charge in [-0.2, -0.15) is 0 Å². The Labute approximate surface area is 121 Å². The number of amides is 2. The lowest BCUT2D eigenvalue weighted by Gasteiger charge is -2.05. The van der Waals surface area contributed by atoms with E-state index in [-0.39, 0.29) is 11.8 Å². The fourth-order valence-corrected chi connectivity index (χ4v) is 2.74. The molecular weight excluding hydrogens is 274 g/mol. The third kappa shape index (κ3) is 3.21. The molecule has 2 aromatic rings. The number of aromatic nitrogens is 1. The Kier molecular flexibility index (Phi) is 4.47. The third-order valence-electron chi connectivity index (χ3n) is 2.86. The molecule has 0 atom stereocenters. The van der Waals surface area contributed by atoms with E-state index in [1.54, 1.807) is 12.1 Å². The molecule has 0 aliphatic heterocycles. The number of nitrogens with zero attached hydrogens (tertiary/aromatic N) is 1. The Bertz CT molecular complexity index is 623. The van der Waals surface area contributed by atoms with Gasteiger partial charge in [0.2, 0.25) is 0 Å². The molecule has 20 heavy (non-hydrogen) atoms. The van der Waals surface area contributed by atoms with Gasteiger partial charge in [0.05, 0.1) is 4.88 Å². The molecule has 2 aromatic heterocycles. The van der Waals surface area contributed by atoms with Crippen LogP contribution >= 0.6 is 11.3 Å². The standard InChI is InChI=1S/C14H15N3O2S/c1-3-10-8-12(20-9(10)2)14(19)17-16-13(18)11-4-6-15-7-5-11/h4-8H,3H2,1-2H3,(H,16,18)(H,17,19). The lowest BCUT2D eigenvalue weighted by Crippen LogP contribution is -2.41. The van der Waals surface area contributed by atoms with Crippen LogP contribution in [0.25, 0.3) is 0 Å². The summed E-state index contributed by atoms with van der Waals surface area (Å²) in [5.41, 5.74) is 6.39. The van der Waals surface area contributed by atoms with Crippen molar-refractivity contribution in [3.63, 3.8) is 0 Å². The zero-order valence-electron chi connectivity index (χ0n) is 11.3. The smallest absolute Gasteiger partial charge is 0.267 e. The van der Waals surface area contributed by atoms with E-state index in [0.29, 0.717) is 10.4 Å². The lowest BCUT2D eigenvalue weighted by atomic mass is 10.2. The average Bonchev–Trinajstić information content (AvgIpc) is 2.86. The van der Waals surface area contributed by atoms with E-state index in [2.05, 4.69) is 15.8 Å². The van der Waals surface area contributed by atoms with Crippen molar-refractivity contribution in [1.29, 1.82) is 0 Å². The van der Waals surface area contributed by atoms with Crippen molar-refractivity contribution in [1.82, 2.24) is 15.8 Å². The molecule has 5 nitrogen and oxygen atoms in total. The monoisotopic (exact) mass is 289 g/mol. The van der Waals surface area contributed by atoms with Gasteiger partial charge in [0.25, 0.3) is 11.8 Å². The van der Waals surface area contributed by atoms with Gasteiger partial charge in [-0.05, 0) is 37.1 Å². The maximum Gasteiger partial charge on any atom is 0.279 e. The first-order chi connectivity index (χ1) is 9.61. The molecule has 2 heterocycles. The summed E-state index contributed by atoms with van der Waals surface area (Å²) in [6.07, 6.45) is 3.93. The van der Waals surface area contributed by atoms with Gasteiger partial charge in [0.15, 0.2) is 0 Å². The number of pyridine rings is 1. The predicted octanol–water partition coefficient (Wildman–Crippen LogP) is 2.09. The molecular formula is C14H15N3O2S. The van der Waals surface area contributed by atoms with Crippen molar-refractivity contribution in [2.75, 3.05) is 0 Å². The molecule has 0 bridgehead atoms. The number of thiophene rings is 1. The number of carbonyl (C=O) groups excluding carboxylic acids is 2. The maximum atomic E-state index is 11.9. The number of rotatable bonds is 3. The van der Waals surface area contributed by atoms with Gasteiger partial charge < -0.3 is 0 Å². The SMILES string of the molecule is CCc1cc(C(=O)NNC(=O)c2ccncc2)sc1C. The van der Waals surface area contributed by atoms with Crippen LogP contribution in [0.15, 0.2) is 30.6 Å². The summed E-state index contributed by atoms with van der Waals surface area (Å²) in [5, 5.41) is 0. The number of hydrazine groups is 1. The first-order valence-corrected chi connectivity index (χ1v) is 7.03. The van der Waals surface area contributed by atoms with Crippen LogP contribution in [0.1, 0.15) is 37.4 Å². The number of carbonyl (C=O) groups is 2. The van der Waals surface area contributed by atoms with Crippen LogP contribution in [-0.2, 0) is 6.42 Å². The molecule has 0 aliphatic carbocycles. The summed E-state index contributed by atoms with van der Waals surface area (Å²) in [6, 6.07) is 5.01. The molecule has 6 heteroatoms. The quantitative estimate of drug-likeness (QED) is 0.850. The first-order valence-electron chi connectivity index (χ1n) is 6.21. The molecule has 0 unspecified atom stereocenters. The highest BCUT2D eigenvalue weighted by atomic mass is 32.1. The molecule has 0 spiro atoms. The van der Waals surface area contributed by atoms with Crippen molar-refractivity contribution < 1.29 is 9.59 Å². The average molecular weight is 289 g/mol. The van der Waals surface area contributed by atoms with Crippen LogP contribution in [0.4, 0.5) is 0 Å². The Morgan fingerprint density at radius 2 is 1.85 bits per heavy atom. The van der Waals surface area contributed by atoms with E-state index < -0.39 is 0 Å². The number of hydrogen-bond donors (Lipinski definition) is 2. The zero-order chi connectivity index (χ0) is 14.5. The van der Waals surface area contributed by atoms with Crippen molar-refractivity contribution in [3.8, 4) is 0 Å². The van der Waals surface area contributed by atoms with Gasteiger partial charge in [-0.15, -0.1) is 11.3 Å². The second-order valence-corrected chi connectivity index (χ2v) is 5.45. The molecule has 0 saturated heterocycles. The van der Waals surface area contributed by atoms with Crippen LogP contribution in [0.3, 0.4) is 0 Å². The summed E-state index contributed by atoms with van der Waals surface area (Å²) in [7, 11) is 0. The van der Waals surface area contributed by atoms with Gasteiger partial charge in [-0.25, -0.2) is 0 Å². The van der Waals surface area contributed by atoms with E-state index in [1.807, 2.05) is 19.9 Å². The Balaban J connectivity index is 1.97. The van der Waals surface area contributed by atoms with E-state index >= 15 is 0 Å². The highest BCUT2D eigenvalue weighted by Gasteiger charge is 2.12. The molecule has 0 saturated carbocycles. The van der Waals surface area contributed by atoms with Crippen LogP contribution in [-0.4, -0.2) is 16.8 Å². The molecule has 2 amide bonds. The van der Waals surface area contributed by atoms with Gasteiger partial charge >= 0.3 is 0 Å². The normalized spacial score (nSPS) is 10.1. The van der Waals surface area contributed by atoms with Crippen molar-refractivity contribution in [3.05, 3.63) is 51.5 Å². The third-order valence-corrected chi connectivity index (χ3v) is 3.95. The Morgan fingerprint density at radius 1 is 1.20 bits per heavy atom. The predicted molar refractivity (Wildman–Crippen MR) is 77.6 cm³/mol. The molecule has 2 N–H and O–H groups in total. The van der Waals surface area contributed by atoms with Crippen LogP contribution in [0.2, 0.25) is 0 Å². The number of hydrogen-bond acceptors (Lipinski definition) is 4. The first kappa shape index (κ1) is 14.2. The second-order valence-electron chi connectivity index (χ2n) is 4.19. The topological polar surface area (TPSA) is 71.1 Å². The molecule has 0 aromatic carbocycles. The fourth-order valence-electron chi connectivity index (χ4n) is 1.73. The molecule has 0 fully saturated rings. The molecule has 2 rings (SSSR count). The Morgan fingerprint density at radius 3 is 2.45 bits per heavy atom. The van der Waals surface area contributed by atoms with E-state index in [4.69, 9.17) is 0 Å². The molecule has 104 valence electrons. The highest BCUT2D eigenvalue weighted by molar-refractivity contribution is 7.14. The van der Waals surface area contributed by atoms with E-state index in [0.717, 1.165) is 16.9 Å². The largest absolute Gasteiger partial charge is 0.279 e. The van der Waals surface area contributed by atoms with Crippen LogP contribution in [0.5, 0.6) is 0 Å². The minimum absolute atomic E-state index is 0.305. The number of aryl methyl sites for hydroxylation is 2. The van der Waals surface area contributed by atoms with E-state index in [1.165, 1.54) is 23.7 Å². The Hall–Kier alpha value is -2.21. The second kappa shape index (κ2) is 6.29.